The molecule has 0 fully saturated rings. The molecule has 0 N–H and O–H groups in total. The van der Waals surface area contributed by atoms with Gasteiger partial charge in [0.25, 0.3) is 0 Å². The van der Waals surface area contributed by atoms with Crippen LogP contribution in [0.25, 0.3) is 313 Å². The van der Waals surface area contributed by atoms with E-state index in [4.69, 9.17) is 49.8 Å². The lowest BCUT2D eigenvalue weighted by Crippen LogP contribution is -1.97. The average molecular weight is 1900 g/mol. The van der Waals surface area contributed by atoms with Crippen LogP contribution in [-0.2, 0) is 0 Å². The third kappa shape index (κ3) is 13.3. The summed E-state index contributed by atoms with van der Waals surface area (Å²) in [5, 5.41) is 32.9. The first-order valence-electron chi connectivity index (χ1n) is 50.4. The fraction of sp³-hybridized carbons (Fsp3) is 0. The van der Waals surface area contributed by atoms with Gasteiger partial charge in [0.15, 0.2) is 0 Å². The first kappa shape index (κ1) is 83.3. The zero-order valence-corrected chi connectivity index (χ0v) is 79.9. The van der Waals surface area contributed by atoms with Crippen LogP contribution in [0.15, 0.2) is 480 Å². The minimum atomic E-state index is 0.772. The van der Waals surface area contributed by atoms with E-state index < -0.39 is 0 Å². The summed E-state index contributed by atoms with van der Waals surface area (Å²) in [5.74, 6) is 0. The molecule has 0 spiro atoms. The number of fused-ring (bicyclic) bond motifs is 41. The smallest absolute Gasteiger partial charge is 0.137 e. The zero-order chi connectivity index (χ0) is 97.6. The normalized spacial score (nSPS) is 12.0. The molecule has 0 amide bonds. The predicted molar refractivity (Wildman–Crippen MR) is 618 cm³/mol. The van der Waals surface area contributed by atoms with Crippen molar-refractivity contribution in [2.24, 2.45) is 0 Å². The van der Waals surface area contributed by atoms with E-state index in [1.54, 1.807) is 0 Å². The number of rotatable bonds is 7. The summed E-state index contributed by atoms with van der Waals surface area (Å²) in [7, 11) is 0. The SMILES string of the molecule is c1ccc(-c2nc3ccc4ccc(-c5ccc6c(c5)c5c7ccccc7ccc5c5nc7ccccn7c65)cc4c3nc2-c2ccccn2)cc1.c1ccc2cc(-c3nc4c(ccc5ccccc54)nc3-c3ccc4c(c3)c3c5ccccc5ccc3c3nc5ccccn5c43)ccc2c1.c1ccc2cc(-c3nc4ccc5ccccc5c4nc3-c3ccc4c(c3)c3c5ccccc5ccc3c3nc5ccccn5c43)ccc2c1. The molecule has 33 rings (SSSR count). The summed E-state index contributed by atoms with van der Waals surface area (Å²) in [5.41, 5.74) is 27.8. The molecule has 33 aromatic rings. The van der Waals surface area contributed by atoms with E-state index in [9.17, 15) is 0 Å². The van der Waals surface area contributed by atoms with Crippen molar-refractivity contribution in [3.05, 3.63) is 480 Å². The average Bonchev–Trinajstić information content (AvgIpc) is 1.60. The number of benzene rings is 23. The van der Waals surface area contributed by atoms with Gasteiger partial charge in [-0.05, 0) is 217 Å². The largest absolute Gasteiger partial charge is 0.299 e. The lowest BCUT2D eigenvalue weighted by molar-refractivity contribution is 1.23. The maximum atomic E-state index is 5.50. The predicted octanol–water partition coefficient (Wildman–Crippen LogP) is 34.5. The van der Waals surface area contributed by atoms with Crippen LogP contribution in [0, 0.1) is 0 Å². The standard InChI is InChI=1S/C46H27N5.2C45H26N4/c1-2-11-30(12-3-1)42-45(38-14-6-8-24-47-38)50-43-36-26-31(17-16-29(36)20-23-39(43)48-42)32-19-21-34-37(27-32)41-33-13-5-4-10-28(33)18-22-35(41)44-46(34)51-25-9-7-15-40(51)49-44;1-2-12-30-25-31(17-16-27(30)9-1)42-41(46-38-23-20-29-11-4-6-14-34(29)43(38)48-42)32-19-21-35-37(26-32)40-33-13-5-3-10-28(33)18-22-36(40)44-45(35)49-24-8-7-15-39(49)47-44;1-2-12-30-25-31(17-16-27(30)9-1)41-42(48-43-34-14-6-4-11-29(34)20-23-38(43)46-41)32-19-21-35-37(26-32)40-33-13-5-3-10-28(33)18-22-36(40)44-45(35)49-24-8-7-15-39(49)47-44/h1-27H;2*1-26H. The Balaban J connectivity index is 0.000000101. The number of nitrogens with zero attached hydrogens (tertiary/aromatic N) is 13. The van der Waals surface area contributed by atoms with Gasteiger partial charge in [0.1, 0.15) is 22.6 Å². The van der Waals surface area contributed by atoms with Crippen molar-refractivity contribution >= 4 is 234 Å². The van der Waals surface area contributed by atoms with Gasteiger partial charge in [-0.1, -0.05) is 352 Å². The highest BCUT2D eigenvalue weighted by Crippen LogP contribution is 2.49. The first-order valence-corrected chi connectivity index (χ1v) is 50.4. The van der Waals surface area contributed by atoms with Crippen LogP contribution >= 0.6 is 0 Å². The molecule has 0 saturated heterocycles. The minimum Gasteiger partial charge on any atom is -0.299 e. The van der Waals surface area contributed by atoms with Crippen LogP contribution in [0.3, 0.4) is 0 Å². The Morgan fingerprint density at radius 3 is 0.866 bits per heavy atom. The molecule has 0 aliphatic carbocycles. The van der Waals surface area contributed by atoms with Crippen LogP contribution in [0.5, 0.6) is 0 Å². The molecule has 0 aliphatic heterocycles. The molecule has 23 aromatic carbocycles. The molecule has 0 atom stereocenters. The molecule has 10 aromatic heterocycles. The van der Waals surface area contributed by atoms with E-state index in [0.29, 0.717) is 0 Å². The van der Waals surface area contributed by atoms with Gasteiger partial charge in [0.05, 0.1) is 100 Å². The second-order valence-corrected chi connectivity index (χ2v) is 38.8. The van der Waals surface area contributed by atoms with Gasteiger partial charge >= 0.3 is 0 Å². The summed E-state index contributed by atoms with van der Waals surface area (Å²) in [6.45, 7) is 0. The molecule has 13 nitrogen and oxygen atoms in total. The van der Waals surface area contributed by atoms with Gasteiger partial charge in [0, 0.05) is 101 Å². The summed E-state index contributed by atoms with van der Waals surface area (Å²) in [6, 6.07) is 161. The molecule has 10 heterocycles. The number of hydrogen-bond acceptors (Lipinski definition) is 10. The lowest BCUT2D eigenvalue weighted by Gasteiger charge is -2.15. The third-order valence-corrected chi connectivity index (χ3v) is 30.4. The van der Waals surface area contributed by atoms with Crippen molar-refractivity contribution in [3.8, 4) is 78.8 Å². The summed E-state index contributed by atoms with van der Waals surface area (Å²) in [6.07, 6.45) is 8.15. The van der Waals surface area contributed by atoms with Crippen molar-refractivity contribution in [2.75, 3.05) is 0 Å². The summed E-state index contributed by atoms with van der Waals surface area (Å²) >= 11 is 0. The lowest BCUT2D eigenvalue weighted by atomic mass is 9.92. The van der Waals surface area contributed by atoms with Crippen molar-refractivity contribution in [1.29, 1.82) is 0 Å². The van der Waals surface area contributed by atoms with Crippen molar-refractivity contribution < 1.29 is 0 Å². The van der Waals surface area contributed by atoms with Gasteiger partial charge in [-0.3, -0.25) is 18.2 Å². The molecule has 0 radical (unpaired) electrons. The molecule has 0 saturated carbocycles. The molecule has 688 valence electrons. The van der Waals surface area contributed by atoms with Crippen LogP contribution < -0.4 is 0 Å². The van der Waals surface area contributed by atoms with E-state index in [1.807, 2.05) is 42.6 Å². The van der Waals surface area contributed by atoms with E-state index in [0.717, 1.165) is 221 Å². The molecule has 0 bridgehead atoms. The van der Waals surface area contributed by atoms with E-state index in [2.05, 4.69) is 450 Å². The second kappa shape index (κ2) is 33.2. The van der Waals surface area contributed by atoms with Gasteiger partial charge in [0.2, 0.25) is 0 Å². The number of hydrogen-bond donors (Lipinski definition) is 0. The zero-order valence-electron chi connectivity index (χ0n) is 79.9. The van der Waals surface area contributed by atoms with Crippen molar-refractivity contribution in [2.45, 2.75) is 0 Å². The van der Waals surface area contributed by atoms with Gasteiger partial charge < -0.3 is 0 Å². The van der Waals surface area contributed by atoms with Gasteiger partial charge in [-0.25, -0.2) is 44.9 Å². The number of aromatic nitrogens is 13. The molecular weight excluding hydrogens is 1820 g/mol. The highest BCUT2D eigenvalue weighted by atomic mass is 15.0. The highest BCUT2D eigenvalue weighted by Gasteiger charge is 2.27. The Hall–Kier alpha value is -20.3. The Bertz CT molecular complexity index is 11600. The van der Waals surface area contributed by atoms with Crippen molar-refractivity contribution in [3.63, 3.8) is 0 Å². The summed E-state index contributed by atoms with van der Waals surface area (Å²) < 4.78 is 6.65. The van der Waals surface area contributed by atoms with Crippen LogP contribution in [0.2, 0.25) is 0 Å². The Morgan fingerprint density at radius 2 is 0.436 bits per heavy atom. The second-order valence-electron chi connectivity index (χ2n) is 38.8. The molecule has 0 unspecified atom stereocenters. The molecular formula is C136H79N13. The van der Waals surface area contributed by atoms with Crippen molar-refractivity contribution in [1.82, 2.24) is 63.0 Å². The number of pyridine rings is 4. The molecule has 0 aliphatic rings. The molecule has 13 heteroatoms. The Kier molecular flexibility index (Phi) is 18.5. The first-order chi connectivity index (χ1) is 73.8. The maximum absolute atomic E-state index is 5.50. The van der Waals surface area contributed by atoms with Gasteiger partial charge in [-0.15, -0.1) is 0 Å². The van der Waals surface area contributed by atoms with E-state index >= 15 is 0 Å². The van der Waals surface area contributed by atoms with Gasteiger partial charge in [-0.2, -0.15) is 0 Å². The minimum absolute atomic E-state index is 0.772. The third-order valence-electron chi connectivity index (χ3n) is 30.4. The fourth-order valence-electron chi connectivity index (χ4n) is 23.5. The van der Waals surface area contributed by atoms with E-state index in [1.165, 1.54) is 91.6 Å². The quantitative estimate of drug-likeness (QED) is 0.142. The maximum Gasteiger partial charge on any atom is 0.137 e. The van der Waals surface area contributed by atoms with Crippen LogP contribution in [0.1, 0.15) is 0 Å². The topological polar surface area (TPSA) is 142 Å². The van der Waals surface area contributed by atoms with E-state index in [-0.39, 0.29) is 0 Å². The number of imidazole rings is 3. The fourth-order valence-corrected chi connectivity index (χ4v) is 23.5. The van der Waals surface area contributed by atoms with Crippen LogP contribution in [0.4, 0.5) is 0 Å². The Morgan fingerprint density at radius 1 is 0.148 bits per heavy atom. The Labute approximate surface area is 849 Å². The molecule has 149 heavy (non-hydrogen) atoms. The monoisotopic (exact) mass is 1890 g/mol. The highest BCUT2D eigenvalue weighted by molar-refractivity contribution is 6.34. The van der Waals surface area contributed by atoms with Crippen LogP contribution in [-0.4, -0.2) is 63.0 Å². The summed E-state index contributed by atoms with van der Waals surface area (Å²) in [4.78, 5) is 52.5.